The van der Waals surface area contributed by atoms with Crippen LogP contribution in [0, 0.1) is 5.82 Å². The predicted molar refractivity (Wildman–Crippen MR) is 170 cm³/mol. The highest BCUT2D eigenvalue weighted by Gasteiger charge is 2.30. The van der Waals surface area contributed by atoms with Crippen LogP contribution >= 0.6 is 0 Å². The summed E-state index contributed by atoms with van der Waals surface area (Å²) in [6.45, 7) is 0.349. The van der Waals surface area contributed by atoms with E-state index in [1.165, 1.54) is 28.1 Å². The van der Waals surface area contributed by atoms with Crippen molar-refractivity contribution in [3.8, 4) is 28.6 Å². The van der Waals surface area contributed by atoms with Crippen LogP contribution in [0.4, 0.5) is 4.39 Å². The quantitative estimate of drug-likeness (QED) is 0.239. The highest BCUT2D eigenvalue weighted by Crippen LogP contribution is 2.46. The number of carbonyl (C=O) groups excluding carboxylic acids is 1. The van der Waals surface area contributed by atoms with Gasteiger partial charge in [0.2, 0.25) is 5.43 Å². The van der Waals surface area contributed by atoms with Gasteiger partial charge in [0.1, 0.15) is 22.5 Å². The zero-order valence-corrected chi connectivity index (χ0v) is 24.4. The summed E-state index contributed by atoms with van der Waals surface area (Å²) in [6, 6.07) is 18.5. The number of nitrogens with one attached hydrogen (secondary N) is 1. The van der Waals surface area contributed by atoms with Gasteiger partial charge in [0.15, 0.2) is 17.3 Å². The lowest BCUT2D eigenvalue weighted by Gasteiger charge is -2.27. The summed E-state index contributed by atoms with van der Waals surface area (Å²) >= 11 is 0. The highest BCUT2D eigenvalue weighted by molar-refractivity contribution is 6.03. The third-order valence-corrected chi connectivity index (χ3v) is 8.52. The van der Waals surface area contributed by atoms with Crippen molar-refractivity contribution in [2.24, 2.45) is 0 Å². The standard InChI is InChI=1S/C35H26FN5O4/c1-39(13-11-21-17-38-28-9-8-22(44-2)15-24(21)28)35(43)26-18-41-30-23-6-4-3-5-20(23)7-10-29(30)45-34-31(41)25(33(26)42)16-27(36)32(34)40-14-12-37-19-40/h3-10,12,14-19,38H,11,13H2,1-2H3. The Bertz CT molecular complexity index is 2370. The van der Waals surface area contributed by atoms with Crippen LogP contribution < -0.4 is 14.9 Å². The fraction of sp³-hybridized carbons (Fsp3) is 0.114. The van der Waals surface area contributed by atoms with Gasteiger partial charge in [-0.3, -0.25) is 9.59 Å². The third-order valence-electron chi connectivity index (χ3n) is 8.52. The molecule has 1 aliphatic heterocycles. The summed E-state index contributed by atoms with van der Waals surface area (Å²) in [6.07, 6.45) is 8.65. The van der Waals surface area contributed by atoms with E-state index in [9.17, 15) is 9.59 Å². The van der Waals surface area contributed by atoms with Crippen molar-refractivity contribution in [3.05, 3.63) is 119 Å². The van der Waals surface area contributed by atoms with Gasteiger partial charge in [0.25, 0.3) is 5.91 Å². The lowest BCUT2D eigenvalue weighted by atomic mass is 10.0. The average Bonchev–Trinajstić information content (AvgIpc) is 3.74. The average molecular weight is 600 g/mol. The number of aromatic nitrogens is 4. The normalized spacial score (nSPS) is 12.0. The molecule has 0 unspecified atom stereocenters. The molecule has 0 fully saturated rings. The van der Waals surface area contributed by atoms with Crippen molar-refractivity contribution in [3.63, 3.8) is 0 Å². The lowest BCUT2D eigenvalue weighted by molar-refractivity contribution is 0.0795. The molecule has 8 rings (SSSR count). The van der Waals surface area contributed by atoms with Gasteiger partial charge in [0, 0.05) is 54.7 Å². The summed E-state index contributed by atoms with van der Waals surface area (Å²) in [4.78, 5) is 36.8. The van der Waals surface area contributed by atoms with E-state index in [2.05, 4.69) is 9.97 Å². The van der Waals surface area contributed by atoms with Crippen molar-refractivity contribution in [2.75, 3.05) is 20.7 Å². The number of fused-ring (bicyclic) bond motifs is 5. The Hall–Kier alpha value is -5.90. The minimum atomic E-state index is -0.670. The lowest BCUT2D eigenvalue weighted by Crippen LogP contribution is -2.33. The molecule has 0 atom stereocenters. The number of pyridine rings is 1. The maximum atomic E-state index is 15.9. The molecule has 0 spiro atoms. The van der Waals surface area contributed by atoms with Gasteiger partial charge < -0.3 is 28.5 Å². The summed E-state index contributed by atoms with van der Waals surface area (Å²) in [7, 11) is 3.29. The maximum absolute atomic E-state index is 15.9. The van der Waals surface area contributed by atoms with Crippen LogP contribution in [0.2, 0.25) is 0 Å². The Morgan fingerprint density at radius 1 is 1.07 bits per heavy atom. The van der Waals surface area contributed by atoms with Crippen molar-refractivity contribution in [2.45, 2.75) is 6.42 Å². The monoisotopic (exact) mass is 599 g/mol. The second-order valence-electron chi connectivity index (χ2n) is 11.1. The van der Waals surface area contributed by atoms with Gasteiger partial charge >= 0.3 is 0 Å². The Balaban J connectivity index is 1.27. The molecule has 7 aromatic rings. The summed E-state index contributed by atoms with van der Waals surface area (Å²) in [5.41, 5.74) is 2.52. The number of imidazole rings is 1. The van der Waals surface area contributed by atoms with E-state index in [1.54, 1.807) is 31.1 Å². The number of aromatic amines is 1. The fourth-order valence-electron chi connectivity index (χ4n) is 6.24. The second-order valence-corrected chi connectivity index (χ2v) is 11.1. The number of H-pyrrole nitrogens is 1. The summed E-state index contributed by atoms with van der Waals surface area (Å²) in [5.74, 6) is 0.253. The molecule has 0 saturated carbocycles. The number of methoxy groups -OCH3 is 1. The first-order chi connectivity index (χ1) is 21.9. The molecule has 1 amide bonds. The molecule has 45 heavy (non-hydrogen) atoms. The van der Waals surface area contributed by atoms with Crippen LogP contribution in [0.3, 0.4) is 0 Å². The smallest absolute Gasteiger partial charge is 0.259 e. The first kappa shape index (κ1) is 26.7. The number of amides is 1. The van der Waals surface area contributed by atoms with Crippen LogP contribution in [0.15, 0.2) is 96.6 Å². The molecule has 1 N–H and O–H groups in total. The molecule has 4 aromatic carbocycles. The largest absolute Gasteiger partial charge is 0.497 e. The third kappa shape index (κ3) is 4.10. The number of benzene rings is 4. The number of rotatable bonds is 6. The number of halogens is 1. The van der Waals surface area contributed by atoms with E-state index in [4.69, 9.17) is 9.47 Å². The molecule has 222 valence electrons. The predicted octanol–water partition coefficient (Wildman–Crippen LogP) is 6.38. The van der Waals surface area contributed by atoms with E-state index in [1.807, 2.05) is 60.8 Å². The van der Waals surface area contributed by atoms with Crippen molar-refractivity contribution in [1.82, 2.24) is 24.0 Å². The van der Waals surface area contributed by atoms with Gasteiger partial charge in [-0.15, -0.1) is 0 Å². The summed E-state index contributed by atoms with van der Waals surface area (Å²) in [5, 5.41) is 2.87. The Morgan fingerprint density at radius 2 is 1.93 bits per heavy atom. The Morgan fingerprint density at radius 3 is 2.76 bits per heavy atom. The SMILES string of the molecule is COc1ccc2[nH]cc(CCN(C)C(=O)c3cn4c5c(c(-n6ccnc6)c(F)cc5c3=O)Oc3ccc5ccccc5c3-4)c2c1. The Kier molecular flexibility index (Phi) is 5.99. The number of hydrogen-bond donors (Lipinski definition) is 1. The van der Waals surface area contributed by atoms with Crippen LogP contribution in [0.25, 0.3) is 44.0 Å². The molecule has 0 saturated heterocycles. The van der Waals surface area contributed by atoms with E-state index in [-0.39, 0.29) is 22.4 Å². The molecule has 0 aliphatic carbocycles. The molecular weight excluding hydrogens is 573 g/mol. The van der Waals surface area contributed by atoms with Gasteiger partial charge in [-0.2, -0.15) is 0 Å². The van der Waals surface area contributed by atoms with E-state index >= 15 is 4.39 Å². The molecule has 3 aromatic heterocycles. The van der Waals surface area contributed by atoms with E-state index < -0.39 is 17.2 Å². The summed E-state index contributed by atoms with van der Waals surface area (Å²) < 4.78 is 30.9. The zero-order chi connectivity index (χ0) is 30.8. The Labute approximate surface area is 255 Å². The second kappa shape index (κ2) is 10.1. The van der Waals surface area contributed by atoms with Gasteiger partial charge in [-0.1, -0.05) is 30.3 Å². The van der Waals surface area contributed by atoms with Crippen LogP contribution in [0.5, 0.6) is 17.2 Å². The molecule has 10 heteroatoms. The van der Waals surface area contributed by atoms with Gasteiger partial charge in [-0.05, 0) is 47.7 Å². The van der Waals surface area contributed by atoms with E-state index in [0.29, 0.717) is 29.9 Å². The highest BCUT2D eigenvalue weighted by atomic mass is 19.1. The number of ether oxygens (including phenoxy) is 2. The van der Waals surface area contributed by atoms with Crippen LogP contribution in [-0.4, -0.2) is 50.6 Å². The van der Waals surface area contributed by atoms with Crippen molar-refractivity contribution < 1.29 is 18.7 Å². The van der Waals surface area contributed by atoms with Crippen LogP contribution in [0.1, 0.15) is 15.9 Å². The molecule has 0 bridgehead atoms. The van der Waals surface area contributed by atoms with Crippen molar-refractivity contribution >= 4 is 38.5 Å². The van der Waals surface area contributed by atoms with Gasteiger partial charge in [0.05, 0.1) is 24.5 Å². The molecule has 4 heterocycles. The number of hydrogen-bond acceptors (Lipinski definition) is 5. The number of nitrogens with zero attached hydrogens (tertiary/aromatic N) is 4. The molecular formula is C35H26FN5O4. The van der Waals surface area contributed by atoms with Crippen molar-refractivity contribution in [1.29, 1.82) is 0 Å². The first-order valence-corrected chi connectivity index (χ1v) is 14.4. The molecule has 0 radical (unpaired) electrons. The minimum absolute atomic E-state index is 0.0490. The van der Waals surface area contributed by atoms with Gasteiger partial charge in [-0.25, -0.2) is 9.37 Å². The number of likely N-dealkylation sites (N-methyl/N-ethyl adjacent to an activating group) is 1. The molecule has 1 aliphatic rings. The fourth-order valence-corrected chi connectivity index (χ4v) is 6.24. The number of carbonyl (C=O) groups is 1. The first-order valence-electron chi connectivity index (χ1n) is 14.4. The molecule has 9 nitrogen and oxygen atoms in total. The maximum Gasteiger partial charge on any atom is 0.259 e. The topological polar surface area (TPSA) is 94.4 Å². The van der Waals surface area contributed by atoms with E-state index in [0.717, 1.165) is 33.0 Å². The minimum Gasteiger partial charge on any atom is -0.497 e. The van der Waals surface area contributed by atoms with Crippen LogP contribution in [-0.2, 0) is 6.42 Å². The zero-order valence-electron chi connectivity index (χ0n) is 24.4.